The highest BCUT2D eigenvalue weighted by Crippen LogP contribution is 2.48. The van der Waals surface area contributed by atoms with Crippen LogP contribution in [0.4, 0.5) is 4.39 Å². The zero-order chi connectivity index (χ0) is 27.7. The van der Waals surface area contributed by atoms with Crippen LogP contribution in [0.5, 0.6) is 5.75 Å². The first-order valence-electron chi connectivity index (χ1n) is 12.1. The number of imidazole rings is 1. The number of aliphatic hydroxyl groups is 1. The maximum Gasteiger partial charge on any atom is 0.459 e. The molecule has 0 spiro atoms. The van der Waals surface area contributed by atoms with Crippen LogP contribution in [0.1, 0.15) is 39.7 Å². The molecule has 1 aliphatic rings. The number of aryl methyl sites for hydroxylation is 1. The van der Waals surface area contributed by atoms with Gasteiger partial charge in [-0.2, -0.15) is 5.09 Å². The molecule has 2 N–H and O–H groups in total. The summed E-state index contributed by atoms with van der Waals surface area (Å²) in [4.78, 5) is 25.0. The molecule has 1 saturated heterocycles. The van der Waals surface area contributed by atoms with Crippen LogP contribution in [0.3, 0.4) is 0 Å². The van der Waals surface area contributed by atoms with E-state index >= 15 is 4.39 Å². The largest absolute Gasteiger partial charge is 0.462 e. The van der Waals surface area contributed by atoms with Crippen molar-refractivity contribution >= 4 is 25.0 Å². The fourth-order valence-electron chi connectivity index (χ4n) is 4.05. The molecule has 12 nitrogen and oxygen atoms in total. The lowest BCUT2D eigenvalue weighted by Gasteiger charge is -2.25. The average Bonchev–Trinajstić information content (AvgIpc) is 3.29. The van der Waals surface area contributed by atoms with Crippen molar-refractivity contribution in [2.45, 2.75) is 70.9 Å². The predicted octanol–water partition coefficient (Wildman–Crippen LogP) is 3.25. The number of nitrogens with one attached hydrogen (secondary N) is 1. The standard InChI is InChI=1S/C24H31FN5O7P/c1-14(2)35-22(32)15(3)29-38(33,37-17-9-7-6-8-10-17)34-13-18-19(31)24(5,25)23(36-18)30-16(4)28-20-21(30)27-12-11-26-20/h6-12,14-15,18-19,23,31H,13H2,1-5H3,(H,29,33)/t15-,18-,19-,23-,24-,38+/m1/s1. The van der Waals surface area contributed by atoms with Gasteiger partial charge >= 0.3 is 13.7 Å². The number of hydrogen-bond acceptors (Lipinski definition) is 10. The van der Waals surface area contributed by atoms with Gasteiger partial charge in [0, 0.05) is 12.4 Å². The molecule has 3 aromatic rings. The number of carbonyl (C=O) groups is 1. The van der Waals surface area contributed by atoms with Gasteiger partial charge in [0.15, 0.2) is 23.2 Å². The van der Waals surface area contributed by atoms with Crippen LogP contribution in [0.15, 0.2) is 42.7 Å². The number of hydrogen-bond donors (Lipinski definition) is 2. The molecule has 3 heterocycles. The number of benzene rings is 1. The molecule has 6 atom stereocenters. The highest BCUT2D eigenvalue weighted by atomic mass is 31.2. The number of para-hydroxylation sites is 1. The molecule has 0 unspecified atom stereocenters. The normalized spacial score (nSPS) is 25.8. The van der Waals surface area contributed by atoms with Crippen LogP contribution in [-0.4, -0.2) is 67.2 Å². The Morgan fingerprint density at radius 3 is 2.63 bits per heavy atom. The molecule has 38 heavy (non-hydrogen) atoms. The van der Waals surface area contributed by atoms with Crippen molar-refractivity contribution in [2.24, 2.45) is 0 Å². The first kappa shape index (κ1) is 28.1. The molecule has 1 fully saturated rings. The Hall–Kier alpha value is -2.96. The van der Waals surface area contributed by atoms with Crippen LogP contribution in [0.2, 0.25) is 0 Å². The van der Waals surface area contributed by atoms with E-state index in [1.807, 2.05) is 0 Å². The topological polar surface area (TPSA) is 147 Å². The van der Waals surface area contributed by atoms with E-state index in [0.29, 0.717) is 11.5 Å². The number of rotatable bonds is 10. The summed E-state index contributed by atoms with van der Waals surface area (Å²) in [7, 11) is -4.25. The van der Waals surface area contributed by atoms with Crippen LogP contribution in [0, 0.1) is 6.92 Å². The number of halogens is 1. The number of nitrogens with zero attached hydrogens (tertiary/aromatic N) is 4. The zero-order valence-corrected chi connectivity index (χ0v) is 22.5. The van der Waals surface area contributed by atoms with E-state index in [1.165, 1.54) is 30.8 Å². The third-order valence-electron chi connectivity index (χ3n) is 5.89. The van der Waals surface area contributed by atoms with Gasteiger partial charge in [0.1, 0.15) is 29.8 Å². The van der Waals surface area contributed by atoms with Crippen molar-refractivity contribution in [3.63, 3.8) is 0 Å². The molecule has 0 saturated carbocycles. The molecule has 4 rings (SSSR count). The van der Waals surface area contributed by atoms with Gasteiger partial charge in [0.25, 0.3) is 0 Å². The number of aromatic nitrogens is 4. The Balaban J connectivity index is 1.55. The molecule has 0 amide bonds. The minimum atomic E-state index is -4.25. The quantitative estimate of drug-likeness (QED) is 0.283. The summed E-state index contributed by atoms with van der Waals surface area (Å²) >= 11 is 0. The summed E-state index contributed by atoms with van der Waals surface area (Å²) in [6.07, 6.45) is -1.74. The van der Waals surface area contributed by atoms with Crippen LogP contribution < -0.4 is 9.61 Å². The van der Waals surface area contributed by atoms with Gasteiger partial charge in [-0.05, 0) is 46.8 Å². The Morgan fingerprint density at radius 2 is 1.95 bits per heavy atom. The first-order valence-corrected chi connectivity index (χ1v) is 13.6. The third-order valence-corrected chi connectivity index (χ3v) is 7.53. The molecule has 2 aromatic heterocycles. The van der Waals surface area contributed by atoms with E-state index in [-0.39, 0.29) is 11.4 Å². The van der Waals surface area contributed by atoms with Crippen LogP contribution >= 0.6 is 7.75 Å². The average molecular weight is 552 g/mol. The van der Waals surface area contributed by atoms with Crippen LogP contribution in [-0.2, 0) is 23.4 Å². The van der Waals surface area contributed by atoms with Crippen molar-refractivity contribution < 1.29 is 37.4 Å². The lowest BCUT2D eigenvalue weighted by atomic mass is 9.98. The number of esters is 1. The minimum Gasteiger partial charge on any atom is -0.462 e. The van der Waals surface area contributed by atoms with Crippen molar-refractivity contribution in [2.75, 3.05) is 6.61 Å². The van der Waals surface area contributed by atoms with Crippen molar-refractivity contribution in [3.8, 4) is 5.75 Å². The molecular weight excluding hydrogens is 520 g/mol. The highest BCUT2D eigenvalue weighted by molar-refractivity contribution is 7.52. The molecule has 0 bridgehead atoms. The first-order chi connectivity index (χ1) is 17.9. The highest BCUT2D eigenvalue weighted by Gasteiger charge is 2.56. The second kappa shape index (κ2) is 11.0. The lowest BCUT2D eigenvalue weighted by Crippen LogP contribution is -2.41. The van der Waals surface area contributed by atoms with E-state index in [1.54, 1.807) is 51.1 Å². The molecule has 206 valence electrons. The van der Waals surface area contributed by atoms with E-state index in [0.717, 1.165) is 0 Å². The maximum absolute atomic E-state index is 15.9. The van der Waals surface area contributed by atoms with Gasteiger partial charge in [0.05, 0.1) is 12.7 Å². The predicted molar refractivity (Wildman–Crippen MR) is 134 cm³/mol. The number of carbonyl (C=O) groups excluding carboxylic acids is 1. The second-order valence-corrected chi connectivity index (χ2v) is 11.1. The van der Waals surface area contributed by atoms with Gasteiger partial charge < -0.3 is 19.1 Å². The van der Waals surface area contributed by atoms with Gasteiger partial charge in [-0.25, -0.2) is 23.9 Å². The van der Waals surface area contributed by atoms with E-state index in [4.69, 9.17) is 18.5 Å². The van der Waals surface area contributed by atoms with E-state index in [2.05, 4.69) is 20.0 Å². The Labute approximate surface area is 219 Å². The molecular formula is C24H31FN5O7P. The summed E-state index contributed by atoms with van der Waals surface area (Å²) in [5, 5.41) is 13.4. The van der Waals surface area contributed by atoms with Gasteiger partial charge in [-0.15, -0.1) is 0 Å². The Bertz CT molecular complexity index is 1320. The maximum atomic E-state index is 15.9. The number of alkyl halides is 1. The molecule has 1 aromatic carbocycles. The fourth-order valence-corrected chi connectivity index (χ4v) is 5.55. The van der Waals surface area contributed by atoms with Gasteiger partial charge in [-0.1, -0.05) is 18.2 Å². The summed E-state index contributed by atoms with van der Waals surface area (Å²) in [5.74, 6) is -0.0865. The summed E-state index contributed by atoms with van der Waals surface area (Å²) in [6.45, 7) is 7.10. The molecule has 14 heteroatoms. The number of aliphatic hydroxyl groups excluding tert-OH is 1. The van der Waals surface area contributed by atoms with Crippen molar-refractivity contribution in [1.29, 1.82) is 0 Å². The molecule has 0 aliphatic carbocycles. The minimum absolute atomic E-state index is 0.202. The number of ether oxygens (including phenoxy) is 2. The fraction of sp³-hybridized carbons (Fsp3) is 0.500. The zero-order valence-electron chi connectivity index (χ0n) is 21.6. The Morgan fingerprint density at radius 1 is 1.26 bits per heavy atom. The number of fused-ring (bicyclic) bond motifs is 1. The van der Waals surface area contributed by atoms with Gasteiger partial charge in [-0.3, -0.25) is 13.9 Å². The van der Waals surface area contributed by atoms with E-state index in [9.17, 15) is 14.5 Å². The second-order valence-electron chi connectivity index (χ2n) is 9.39. The Kier molecular flexibility index (Phi) is 8.15. The van der Waals surface area contributed by atoms with Gasteiger partial charge in [0.2, 0.25) is 0 Å². The lowest BCUT2D eigenvalue weighted by molar-refractivity contribution is -0.149. The third kappa shape index (κ3) is 5.87. The van der Waals surface area contributed by atoms with Crippen molar-refractivity contribution in [3.05, 3.63) is 48.5 Å². The smallest absolute Gasteiger partial charge is 0.459 e. The summed E-state index contributed by atoms with van der Waals surface area (Å²) in [6, 6.07) is 7.11. The summed E-state index contributed by atoms with van der Waals surface area (Å²) in [5.41, 5.74) is -1.72. The van der Waals surface area contributed by atoms with E-state index < -0.39 is 56.6 Å². The summed E-state index contributed by atoms with van der Waals surface area (Å²) < 4.78 is 53.3. The van der Waals surface area contributed by atoms with Crippen molar-refractivity contribution in [1.82, 2.24) is 24.6 Å². The molecule has 0 radical (unpaired) electrons. The SMILES string of the molecule is Cc1nc2nccnc2n1[C@@H]1O[C@H](CO[P@@](=O)(N[C@H](C)C(=O)OC(C)C)Oc2ccccc2)[C@@H](O)[C@@]1(C)F. The molecule has 1 aliphatic heterocycles. The van der Waals surface area contributed by atoms with Crippen LogP contribution in [0.25, 0.3) is 11.3 Å². The monoisotopic (exact) mass is 551 g/mol.